The van der Waals surface area contributed by atoms with Crippen molar-refractivity contribution < 1.29 is 14.7 Å². The first kappa shape index (κ1) is 15.8. The van der Waals surface area contributed by atoms with Crippen molar-refractivity contribution >= 4 is 22.9 Å². The molecule has 1 aromatic heterocycles. The summed E-state index contributed by atoms with van der Waals surface area (Å²) in [4.78, 5) is 39.1. The van der Waals surface area contributed by atoms with Crippen molar-refractivity contribution in [1.29, 1.82) is 0 Å². The summed E-state index contributed by atoms with van der Waals surface area (Å²) < 4.78 is 1.41. The Balaban J connectivity index is 2.39. The molecule has 0 aliphatic rings. The number of hydrogen-bond acceptors (Lipinski definition) is 3. The molecule has 118 valence electrons. The van der Waals surface area contributed by atoms with Crippen LogP contribution in [0.3, 0.4) is 0 Å². The van der Waals surface area contributed by atoms with E-state index in [0.717, 1.165) is 0 Å². The van der Waals surface area contributed by atoms with Crippen LogP contribution in [0.4, 0.5) is 0 Å². The van der Waals surface area contributed by atoms with Gasteiger partial charge in [0.1, 0.15) is 6.54 Å². The molecule has 0 aliphatic heterocycles. The number of amides is 1. The average Bonchev–Trinajstić information content (AvgIpc) is 2.71. The highest BCUT2D eigenvalue weighted by molar-refractivity contribution is 5.98. The number of nitrogens with zero attached hydrogens (tertiary/aromatic N) is 2. The molecule has 0 unspecified atom stereocenters. The molecule has 0 spiro atoms. The van der Waals surface area contributed by atoms with Gasteiger partial charge in [-0.2, -0.15) is 0 Å². The van der Waals surface area contributed by atoms with Gasteiger partial charge in [-0.05, 0) is 24.1 Å². The molecule has 0 radical (unpaired) electrons. The number of carboxylic acids is 1. The second-order valence-electron chi connectivity index (χ2n) is 5.69. The maximum absolute atomic E-state index is 12.5. The lowest BCUT2D eigenvalue weighted by Crippen LogP contribution is -2.38. The Morgan fingerprint density at radius 3 is 2.64 bits per heavy atom. The standard InChI is InChI=1S/C15H19N3O4/c1-9(2)7-18(8-13(19)20)14(21)10-4-5-11-12(6-10)17(3)15(22)16-11/h4-6,9H,7-8H2,1-3H3,(H,16,22)(H,19,20). The maximum Gasteiger partial charge on any atom is 0.326 e. The molecule has 0 saturated carbocycles. The van der Waals surface area contributed by atoms with Crippen molar-refractivity contribution in [1.82, 2.24) is 14.5 Å². The van der Waals surface area contributed by atoms with E-state index in [1.165, 1.54) is 9.47 Å². The van der Waals surface area contributed by atoms with E-state index in [1.807, 2.05) is 13.8 Å². The van der Waals surface area contributed by atoms with E-state index in [-0.39, 0.29) is 24.1 Å². The molecular weight excluding hydrogens is 286 g/mol. The highest BCUT2D eigenvalue weighted by Gasteiger charge is 2.20. The number of fused-ring (bicyclic) bond motifs is 1. The summed E-state index contributed by atoms with van der Waals surface area (Å²) in [5.41, 5.74) is 1.35. The molecule has 0 bridgehead atoms. The van der Waals surface area contributed by atoms with E-state index in [9.17, 15) is 14.4 Å². The lowest BCUT2D eigenvalue weighted by atomic mass is 10.1. The van der Waals surface area contributed by atoms with Crippen LogP contribution in [0, 0.1) is 5.92 Å². The zero-order valence-electron chi connectivity index (χ0n) is 12.8. The van der Waals surface area contributed by atoms with Crippen LogP contribution < -0.4 is 5.69 Å². The van der Waals surface area contributed by atoms with Gasteiger partial charge in [-0.1, -0.05) is 13.8 Å². The quantitative estimate of drug-likeness (QED) is 0.863. The fraction of sp³-hybridized carbons (Fsp3) is 0.400. The zero-order valence-corrected chi connectivity index (χ0v) is 12.8. The number of aromatic amines is 1. The van der Waals surface area contributed by atoms with Gasteiger partial charge >= 0.3 is 11.7 Å². The van der Waals surface area contributed by atoms with E-state index in [1.54, 1.807) is 25.2 Å². The fourth-order valence-electron chi connectivity index (χ4n) is 2.36. The third kappa shape index (κ3) is 3.19. The fourth-order valence-corrected chi connectivity index (χ4v) is 2.36. The number of imidazole rings is 1. The summed E-state index contributed by atoms with van der Waals surface area (Å²) in [6.45, 7) is 3.85. The monoisotopic (exact) mass is 305 g/mol. The largest absolute Gasteiger partial charge is 0.480 e. The summed E-state index contributed by atoms with van der Waals surface area (Å²) in [6.07, 6.45) is 0. The molecule has 0 saturated heterocycles. The van der Waals surface area contributed by atoms with Crippen molar-refractivity contribution in [2.75, 3.05) is 13.1 Å². The lowest BCUT2D eigenvalue weighted by Gasteiger charge is -2.22. The van der Waals surface area contributed by atoms with Crippen LogP contribution in [0.2, 0.25) is 0 Å². The summed E-state index contributed by atoms with van der Waals surface area (Å²) in [5, 5.41) is 8.97. The van der Waals surface area contributed by atoms with Crippen LogP contribution in [-0.4, -0.2) is 44.5 Å². The van der Waals surface area contributed by atoms with Gasteiger partial charge in [0.2, 0.25) is 0 Å². The van der Waals surface area contributed by atoms with Crippen molar-refractivity contribution in [2.24, 2.45) is 13.0 Å². The van der Waals surface area contributed by atoms with Crippen LogP contribution in [0.25, 0.3) is 11.0 Å². The number of aliphatic carboxylic acids is 1. The van der Waals surface area contributed by atoms with Crippen LogP contribution in [0.15, 0.2) is 23.0 Å². The first-order chi connectivity index (χ1) is 10.3. The molecule has 1 amide bonds. The topological polar surface area (TPSA) is 95.4 Å². The summed E-state index contributed by atoms with van der Waals surface area (Å²) >= 11 is 0. The summed E-state index contributed by atoms with van der Waals surface area (Å²) in [7, 11) is 1.61. The molecule has 22 heavy (non-hydrogen) atoms. The maximum atomic E-state index is 12.5. The highest BCUT2D eigenvalue weighted by atomic mass is 16.4. The van der Waals surface area contributed by atoms with Crippen LogP contribution in [-0.2, 0) is 11.8 Å². The third-order valence-corrected chi connectivity index (χ3v) is 3.35. The highest BCUT2D eigenvalue weighted by Crippen LogP contribution is 2.14. The van der Waals surface area contributed by atoms with Crippen LogP contribution in [0.1, 0.15) is 24.2 Å². The van der Waals surface area contributed by atoms with Crippen LogP contribution in [0.5, 0.6) is 0 Å². The number of nitrogens with one attached hydrogen (secondary N) is 1. The Morgan fingerprint density at radius 2 is 2.05 bits per heavy atom. The second kappa shape index (κ2) is 6.05. The van der Waals surface area contributed by atoms with Gasteiger partial charge in [0.15, 0.2) is 0 Å². The third-order valence-electron chi connectivity index (χ3n) is 3.35. The van der Waals surface area contributed by atoms with Crippen molar-refractivity contribution in [3.8, 4) is 0 Å². The predicted molar refractivity (Wildman–Crippen MR) is 81.9 cm³/mol. The van der Waals surface area contributed by atoms with Gasteiger partial charge in [-0.3, -0.25) is 14.2 Å². The van der Waals surface area contributed by atoms with Gasteiger partial charge < -0.3 is 15.0 Å². The second-order valence-corrected chi connectivity index (χ2v) is 5.69. The predicted octanol–water partition coefficient (Wildman–Crippen LogP) is 1.05. The minimum atomic E-state index is -1.05. The number of H-pyrrole nitrogens is 1. The molecule has 2 rings (SSSR count). The Morgan fingerprint density at radius 1 is 1.36 bits per heavy atom. The zero-order chi connectivity index (χ0) is 16.4. The van der Waals surface area contributed by atoms with E-state index in [4.69, 9.17) is 5.11 Å². The van der Waals surface area contributed by atoms with Gasteiger partial charge in [0, 0.05) is 19.2 Å². The molecule has 0 fully saturated rings. The van der Waals surface area contributed by atoms with Gasteiger partial charge in [0.25, 0.3) is 5.91 Å². The smallest absolute Gasteiger partial charge is 0.326 e. The molecule has 7 nitrogen and oxygen atoms in total. The number of aryl methyl sites for hydroxylation is 1. The van der Waals surface area contributed by atoms with Gasteiger partial charge in [0.05, 0.1) is 11.0 Å². The van der Waals surface area contributed by atoms with Crippen LogP contribution >= 0.6 is 0 Å². The summed E-state index contributed by atoms with van der Waals surface area (Å²) in [5.74, 6) is -1.25. The van der Waals surface area contributed by atoms with Gasteiger partial charge in [-0.25, -0.2) is 4.79 Å². The molecular formula is C15H19N3O4. The number of carbonyl (C=O) groups is 2. The number of carbonyl (C=O) groups excluding carboxylic acids is 1. The minimum absolute atomic E-state index is 0.156. The molecule has 0 aliphatic carbocycles. The Bertz CT molecular complexity index is 773. The van der Waals surface area contributed by atoms with E-state index in [0.29, 0.717) is 23.1 Å². The normalized spacial score (nSPS) is 11.1. The molecule has 0 atom stereocenters. The molecule has 1 heterocycles. The Labute approximate surface area is 127 Å². The minimum Gasteiger partial charge on any atom is -0.480 e. The van der Waals surface area contributed by atoms with Crippen molar-refractivity contribution in [2.45, 2.75) is 13.8 Å². The number of hydrogen-bond donors (Lipinski definition) is 2. The Kier molecular flexibility index (Phi) is 4.35. The number of rotatable bonds is 5. The number of aromatic nitrogens is 2. The van der Waals surface area contributed by atoms with E-state index >= 15 is 0 Å². The first-order valence-electron chi connectivity index (χ1n) is 6.99. The average molecular weight is 305 g/mol. The molecule has 7 heteroatoms. The number of benzene rings is 1. The summed E-state index contributed by atoms with van der Waals surface area (Å²) in [6, 6.07) is 4.85. The van der Waals surface area contributed by atoms with E-state index in [2.05, 4.69) is 4.98 Å². The molecule has 1 aromatic carbocycles. The van der Waals surface area contributed by atoms with E-state index < -0.39 is 5.97 Å². The lowest BCUT2D eigenvalue weighted by molar-refractivity contribution is -0.137. The number of carboxylic acid groups (broad SMARTS) is 1. The molecule has 2 N–H and O–H groups in total. The molecule has 2 aromatic rings. The van der Waals surface area contributed by atoms with Crippen molar-refractivity contribution in [3.63, 3.8) is 0 Å². The SMILES string of the molecule is CC(C)CN(CC(=O)O)C(=O)c1ccc2[nH]c(=O)n(C)c2c1. The first-order valence-corrected chi connectivity index (χ1v) is 6.99. The Hall–Kier alpha value is -2.57. The van der Waals surface area contributed by atoms with Crippen molar-refractivity contribution in [3.05, 3.63) is 34.2 Å². The van der Waals surface area contributed by atoms with Gasteiger partial charge in [-0.15, -0.1) is 0 Å².